The molecule has 0 atom stereocenters. The van der Waals surface area contributed by atoms with E-state index < -0.39 is 4.92 Å². The van der Waals surface area contributed by atoms with Crippen molar-refractivity contribution in [3.05, 3.63) is 67.6 Å². The van der Waals surface area contributed by atoms with E-state index in [0.717, 1.165) is 4.47 Å². The second-order valence-corrected chi connectivity index (χ2v) is 6.49. The number of rotatable bonds is 6. The number of hydrogen-bond donors (Lipinski definition) is 1. The Morgan fingerprint density at radius 2 is 2.04 bits per heavy atom. The summed E-state index contributed by atoms with van der Waals surface area (Å²) in [4.78, 5) is 24.2. The highest BCUT2D eigenvalue weighted by Crippen LogP contribution is 2.23. The Kier molecular flexibility index (Phi) is 6.30. The topological polar surface area (TPSA) is 75.5 Å². The molecule has 0 spiro atoms. The van der Waals surface area contributed by atoms with Gasteiger partial charge < -0.3 is 5.32 Å². The number of halogens is 2. The minimum absolute atomic E-state index is 0.0273. The molecule has 1 N–H and O–H groups in total. The molecule has 0 radical (unpaired) electrons. The Hall–Kier alpha value is -1.96. The van der Waals surface area contributed by atoms with Crippen LogP contribution in [-0.4, -0.2) is 29.3 Å². The summed E-state index contributed by atoms with van der Waals surface area (Å²) < 4.78 is 0.794. The predicted octanol–water partition coefficient (Wildman–Crippen LogP) is 4.08. The van der Waals surface area contributed by atoms with Crippen molar-refractivity contribution in [3.63, 3.8) is 0 Å². The molecule has 0 heterocycles. The zero-order chi connectivity index (χ0) is 17.7. The number of carbonyl (C=O) groups excluding carboxylic acids is 1. The zero-order valence-electron chi connectivity index (χ0n) is 12.8. The van der Waals surface area contributed by atoms with Crippen LogP contribution in [0.1, 0.15) is 5.56 Å². The SMILES string of the molecule is CN(CC(=O)Nc1ccccc1Br)Cc1cc([N+](=O)[O-])ccc1Cl. The number of anilines is 1. The molecule has 0 saturated heterocycles. The van der Waals surface area contributed by atoms with Crippen LogP contribution in [0.5, 0.6) is 0 Å². The molecular formula is C16H15BrClN3O3. The van der Waals surface area contributed by atoms with Crippen molar-refractivity contribution in [1.82, 2.24) is 4.90 Å². The monoisotopic (exact) mass is 411 g/mol. The average Bonchev–Trinajstić information content (AvgIpc) is 2.51. The summed E-state index contributed by atoms with van der Waals surface area (Å²) >= 11 is 9.44. The van der Waals surface area contributed by atoms with Gasteiger partial charge in [0.05, 0.1) is 17.2 Å². The summed E-state index contributed by atoms with van der Waals surface area (Å²) in [5.41, 5.74) is 1.26. The second-order valence-electron chi connectivity index (χ2n) is 5.23. The van der Waals surface area contributed by atoms with Gasteiger partial charge in [0.1, 0.15) is 0 Å². The number of nitro benzene ring substituents is 1. The van der Waals surface area contributed by atoms with E-state index in [1.165, 1.54) is 18.2 Å². The molecule has 6 nitrogen and oxygen atoms in total. The first-order valence-corrected chi connectivity index (χ1v) is 8.19. The van der Waals surface area contributed by atoms with Gasteiger partial charge in [0.25, 0.3) is 5.69 Å². The summed E-state index contributed by atoms with van der Waals surface area (Å²) in [6, 6.07) is 11.6. The van der Waals surface area contributed by atoms with Crippen molar-refractivity contribution in [1.29, 1.82) is 0 Å². The Bertz CT molecular complexity index is 770. The fourth-order valence-electron chi connectivity index (χ4n) is 2.14. The molecule has 8 heteroatoms. The van der Waals surface area contributed by atoms with E-state index in [0.29, 0.717) is 22.8 Å². The maximum absolute atomic E-state index is 12.1. The van der Waals surface area contributed by atoms with Gasteiger partial charge in [-0.2, -0.15) is 0 Å². The number of non-ortho nitro benzene ring substituents is 1. The summed E-state index contributed by atoms with van der Waals surface area (Å²) in [5.74, 6) is -0.189. The van der Waals surface area contributed by atoms with Crippen LogP contribution in [-0.2, 0) is 11.3 Å². The lowest BCUT2D eigenvalue weighted by molar-refractivity contribution is -0.384. The van der Waals surface area contributed by atoms with Crippen LogP contribution in [0, 0.1) is 10.1 Å². The summed E-state index contributed by atoms with van der Waals surface area (Å²) in [6.45, 7) is 0.449. The molecule has 2 rings (SSSR count). The first-order valence-electron chi connectivity index (χ1n) is 7.02. The van der Waals surface area contributed by atoms with Crippen LogP contribution >= 0.6 is 27.5 Å². The van der Waals surface area contributed by atoms with Crippen LogP contribution in [0.25, 0.3) is 0 Å². The number of hydrogen-bond acceptors (Lipinski definition) is 4. The van der Waals surface area contributed by atoms with Gasteiger partial charge in [-0.1, -0.05) is 23.7 Å². The normalized spacial score (nSPS) is 10.7. The third kappa shape index (κ3) is 5.02. The van der Waals surface area contributed by atoms with Crippen LogP contribution in [0.4, 0.5) is 11.4 Å². The smallest absolute Gasteiger partial charge is 0.269 e. The van der Waals surface area contributed by atoms with Gasteiger partial charge in [0.15, 0.2) is 0 Å². The molecule has 126 valence electrons. The van der Waals surface area contributed by atoms with E-state index in [1.807, 2.05) is 18.2 Å². The van der Waals surface area contributed by atoms with Crippen molar-refractivity contribution in [2.24, 2.45) is 0 Å². The van der Waals surface area contributed by atoms with E-state index >= 15 is 0 Å². The molecule has 0 saturated carbocycles. The number of nitro groups is 1. The molecule has 2 aromatic rings. The fraction of sp³-hybridized carbons (Fsp3) is 0.188. The minimum Gasteiger partial charge on any atom is -0.324 e. The minimum atomic E-state index is -0.473. The van der Waals surface area contributed by atoms with Gasteiger partial charge in [-0.15, -0.1) is 0 Å². The lowest BCUT2D eigenvalue weighted by Gasteiger charge is -2.17. The maximum atomic E-state index is 12.1. The number of para-hydroxylation sites is 1. The van der Waals surface area contributed by atoms with Crippen molar-refractivity contribution < 1.29 is 9.72 Å². The van der Waals surface area contributed by atoms with Gasteiger partial charge in [0.2, 0.25) is 5.91 Å². The van der Waals surface area contributed by atoms with Gasteiger partial charge in [-0.05, 0) is 46.7 Å². The summed E-state index contributed by atoms with van der Waals surface area (Å²) in [7, 11) is 1.74. The Labute approximate surface area is 152 Å². The average molecular weight is 413 g/mol. The molecule has 0 bridgehead atoms. The maximum Gasteiger partial charge on any atom is 0.269 e. The Morgan fingerprint density at radius 1 is 1.33 bits per heavy atom. The number of carbonyl (C=O) groups is 1. The van der Waals surface area contributed by atoms with Crippen LogP contribution in [0.3, 0.4) is 0 Å². The van der Waals surface area contributed by atoms with Crippen molar-refractivity contribution >= 4 is 44.8 Å². The van der Waals surface area contributed by atoms with Crippen molar-refractivity contribution in [3.8, 4) is 0 Å². The molecule has 1 amide bonds. The Morgan fingerprint density at radius 3 is 2.71 bits per heavy atom. The molecule has 0 aliphatic heterocycles. The zero-order valence-corrected chi connectivity index (χ0v) is 15.2. The van der Waals surface area contributed by atoms with Crippen LogP contribution < -0.4 is 5.32 Å². The molecule has 0 unspecified atom stereocenters. The quantitative estimate of drug-likeness (QED) is 0.573. The van der Waals surface area contributed by atoms with E-state index in [-0.39, 0.29) is 18.1 Å². The number of amides is 1. The number of nitrogens with zero attached hydrogens (tertiary/aromatic N) is 2. The predicted molar refractivity (Wildman–Crippen MR) is 97.2 cm³/mol. The lowest BCUT2D eigenvalue weighted by Crippen LogP contribution is -2.30. The molecule has 0 aliphatic carbocycles. The number of likely N-dealkylation sites (N-methyl/N-ethyl adjacent to an activating group) is 1. The molecule has 0 aliphatic rings. The van der Waals surface area contributed by atoms with E-state index in [2.05, 4.69) is 21.2 Å². The molecule has 24 heavy (non-hydrogen) atoms. The van der Waals surface area contributed by atoms with Gasteiger partial charge in [0, 0.05) is 28.2 Å². The van der Waals surface area contributed by atoms with E-state index in [9.17, 15) is 14.9 Å². The van der Waals surface area contributed by atoms with E-state index in [1.54, 1.807) is 18.0 Å². The largest absolute Gasteiger partial charge is 0.324 e. The highest BCUT2D eigenvalue weighted by Gasteiger charge is 2.14. The van der Waals surface area contributed by atoms with E-state index in [4.69, 9.17) is 11.6 Å². The summed E-state index contributed by atoms with van der Waals surface area (Å²) in [5, 5.41) is 14.1. The van der Waals surface area contributed by atoms with Gasteiger partial charge in [-0.3, -0.25) is 19.8 Å². The first-order chi connectivity index (χ1) is 11.4. The number of nitrogens with one attached hydrogen (secondary N) is 1. The third-order valence-corrected chi connectivity index (χ3v) is 4.30. The molecule has 0 fully saturated rings. The second kappa shape index (κ2) is 8.23. The van der Waals surface area contributed by atoms with Crippen LogP contribution in [0.15, 0.2) is 46.9 Å². The molecule has 2 aromatic carbocycles. The standard InChI is InChI=1S/C16H15BrClN3O3/c1-20(9-11-8-12(21(23)24)6-7-14(11)18)10-16(22)19-15-5-3-2-4-13(15)17/h2-8H,9-10H2,1H3,(H,19,22). The lowest BCUT2D eigenvalue weighted by atomic mass is 10.2. The molecular weight excluding hydrogens is 398 g/mol. The highest BCUT2D eigenvalue weighted by atomic mass is 79.9. The van der Waals surface area contributed by atoms with Gasteiger partial charge in [-0.25, -0.2) is 0 Å². The van der Waals surface area contributed by atoms with Crippen molar-refractivity contribution in [2.75, 3.05) is 18.9 Å². The number of benzene rings is 2. The first kappa shape index (κ1) is 18.4. The van der Waals surface area contributed by atoms with Crippen molar-refractivity contribution in [2.45, 2.75) is 6.54 Å². The third-order valence-electron chi connectivity index (χ3n) is 3.24. The highest BCUT2D eigenvalue weighted by molar-refractivity contribution is 9.10. The summed E-state index contributed by atoms with van der Waals surface area (Å²) in [6.07, 6.45) is 0. The molecule has 0 aromatic heterocycles. The Balaban J connectivity index is 1.99. The van der Waals surface area contributed by atoms with Gasteiger partial charge >= 0.3 is 0 Å². The fourth-order valence-corrected chi connectivity index (χ4v) is 2.70. The van der Waals surface area contributed by atoms with Crippen LogP contribution in [0.2, 0.25) is 5.02 Å².